The molecule has 17 heavy (non-hydrogen) atoms. The van der Waals surface area contributed by atoms with E-state index < -0.39 is 0 Å². The summed E-state index contributed by atoms with van der Waals surface area (Å²) in [6.07, 6.45) is 6.02. The van der Waals surface area contributed by atoms with Crippen LogP contribution in [0.5, 0.6) is 0 Å². The molecule has 1 N–H and O–H groups in total. The second kappa shape index (κ2) is 7.46. The van der Waals surface area contributed by atoms with Crippen LogP contribution in [0.3, 0.4) is 0 Å². The zero-order chi connectivity index (χ0) is 12.7. The van der Waals surface area contributed by atoms with E-state index in [1.165, 1.54) is 6.07 Å². The van der Waals surface area contributed by atoms with E-state index in [9.17, 15) is 4.39 Å². The number of hydrogen-bond acceptors (Lipinski definition) is 1. The molecule has 0 radical (unpaired) electrons. The zero-order valence-corrected chi connectivity index (χ0v) is 11.1. The van der Waals surface area contributed by atoms with Gasteiger partial charge in [-0.15, -0.1) is 0 Å². The van der Waals surface area contributed by atoms with Crippen molar-refractivity contribution in [3.8, 4) is 0 Å². The highest BCUT2D eigenvalue weighted by molar-refractivity contribution is 6.30. The molecule has 0 aliphatic heterocycles. The molecule has 0 amide bonds. The third-order valence-corrected chi connectivity index (χ3v) is 2.66. The second-order valence-corrected chi connectivity index (χ2v) is 4.73. The van der Waals surface area contributed by atoms with Gasteiger partial charge in [-0.2, -0.15) is 0 Å². The van der Waals surface area contributed by atoms with Crippen LogP contribution in [0.15, 0.2) is 30.4 Å². The van der Waals surface area contributed by atoms with Crippen molar-refractivity contribution in [2.24, 2.45) is 0 Å². The standard InChI is InChI=1S/C14H19ClFN/c1-11(2)17-9-5-3-4-6-12-7-8-14(16)13(15)10-12/h3-4,7-8,10-11,17H,5-6,9H2,1-2H3/b4-3+. The maximum atomic E-state index is 12.9. The second-order valence-electron chi connectivity index (χ2n) is 4.32. The number of benzene rings is 1. The van der Waals surface area contributed by atoms with Gasteiger partial charge in [0.15, 0.2) is 0 Å². The average molecular weight is 256 g/mol. The van der Waals surface area contributed by atoms with Gasteiger partial charge < -0.3 is 5.32 Å². The lowest BCUT2D eigenvalue weighted by molar-refractivity contribution is 0.594. The summed E-state index contributed by atoms with van der Waals surface area (Å²) >= 11 is 5.70. The normalized spacial score (nSPS) is 11.6. The summed E-state index contributed by atoms with van der Waals surface area (Å²) < 4.78 is 12.9. The van der Waals surface area contributed by atoms with Crippen LogP contribution in [0, 0.1) is 5.82 Å². The van der Waals surface area contributed by atoms with Crippen LogP contribution in [0.25, 0.3) is 0 Å². The molecule has 1 aromatic rings. The van der Waals surface area contributed by atoms with Crippen LogP contribution in [0.1, 0.15) is 25.8 Å². The molecule has 0 atom stereocenters. The Balaban J connectivity index is 2.30. The number of hydrogen-bond donors (Lipinski definition) is 1. The van der Waals surface area contributed by atoms with Crippen molar-refractivity contribution in [3.63, 3.8) is 0 Å². The fourth-order valence-electron chi connectivity index (χ4n) is 1.46. The third kappa shape index (κ3) is 5.85. The van der Waals surface area contributed by atoms with Crippen molar-refractivity contribution in [3.05, 3.63) is 46.8 Å². The Labute approximate surface area is 108 Å². The molecule has 0 saturated carbocycles. The molecule has 3 heteroatoms. The molecule has 0 aliphatic rings. The van der Waals surface area contributed by atoms with Crippen LogP contribution in [0.4, 0.5) is 4.39 Å². The van der Waals surface area contributed by atoms with Crippen LogP contribution in [-0.2, 0) is 6.42 Å². The molecule has 0 bridgehead atoms. The van der Waals surface area contributed by atoms with Crippen molar-refractivity contribution >= 4 is 11.6 Å². The fourth-order valence-corrected chi connectivity index (χ4v) is 1.66. The summed E-state index contributed by atoms with van der Waals surface area (Å²) in [7, 11) is 0. The van der Waals surface area contributed by atoms with E-state index in [0.29, 0.717) is 6.04 Å². The first kappa shape index (κ1) is 14.2. The molecule has 0 aliphatic carbocycles. The maximum absolute atomic E-state index is 12.9. The molecule has 0 heterocycles. The SMILES string of the molecule is CC(C)NCC/C=C/Cc1ccc(F)c(Cl)c1. The number of rotatable bonds is 6. The highest BCUT2D eigenvalue weighted by atomic mass is 35.5. The van der Waals surface area contributed by atoms with Crippen LogP contribution in [-0.4, -0.2) is 12.6 Å². The molecule has 0 fully saturated rings. The Bertz CT molecular complexity index is 374. The smallest absolute Gasteiger partial charge is 0.141 e. The summed E-state index contributed by atoms with van der Waals surface area (Å²) in [6, 6.07) is 5.37. The lowest BCUT2D eigenvalue weighted by Gasteiger charge is -2.04. The Morgan fingerprint density at radius 1 is 1.35 bits per heavy atom. The van der Waals surface area contributed by atoms with E-state index in [1.807, 2.05) is 0 Å². The van der Waals surface area contributed by atoms with Crippen molar-refractivity contribution < 1.29 is 4.39 Å². The zero-order valence-electron chi connectivity index (χ0n) is 10.3. The molecule has 0 spiro atoms. The Morgan fingerprint density at radius 2 is 2.12 bits per heavy atom. The fraction of sp³-hybridized carbons (Fsp3) is 0.429. The number of nitrogens with one attached hydrogen (secondary N) is 1. The minimum absolute atomic E-state index is 0.192. The molecule has 94 valence electrons. The van der Waals surface area contributed by atoms with Crippen molar-refractivity contribution in [2.45, 2.75) is 32.7 Å². The van der Waals surface area contributed by atoms with E-state index in [0.717, 1.165) is 24.9 Å². The summed E-state index contributed by atoms with van der Waals surface area (Å²) in [5.41, 5.74) is 1.03. The molecule has 1 nitrogen and oxygen atoms in total. The molecule has 0 saturated heterocycles. The molecule has 1 rings (SSSR count). The highest BCUT2D eigenvalue weighted by Crippen LogP contribution is 2.16. The van der Waals surface area contributed by atoms with E-state index >= 15 is 0 Å². The van der Waals surface area contributed by atoms with Crippen molar-refractivity contribution in [1.82, 2.24) is 5.32 Å². The van der Waals surface area contributed by atoms with Gasteiger partial charge in [-0.05, 0) is 37.1 Å². The van der Waals surface area contributed by atoms with Gasteiger partial charge in [-0.25, -0.2) is 4.39 Å². The van der Waals surface area contributed by atoms with Crippen molar-refractivity contribution in [1.29, 1.82) is 0 Å². The molecule has 0 unspecified atom stereocenters. The quantitative estimate of drug-likeness (QED) is 0.599. The molecule has 0 aromatic heterocycles. The van der Waals surface area contributed by atoms with Gasteiger partial charge >= 0.3 is 0 Å². The minimum Gasteiger partial charge on any atom is -0.314 e. The summed E-state index contributed by atoms with van der Waals surface area (Å²) in [5, 5.41) is 3.53. The summed E-state index contributed by atoms with van der Waals surface area (Å²) in [6.45, 7) is 5.24. The summed E-state index contributed by atoms with van der Waals surface area (Å²) in [5.74, 6) is -0.361. The summed E-state index contributed by atoms with van der Waals surface area (Å²) in [4.78, 5) is 0. The number of halogens is 2. The molecule has 1 aromatic carbocycles. The Morgan fingerprint density at radius 3 is 2.76 bits per heavy atom. The van der Waals surface area contributed by atoms with Gasteiger partial charge in [0, 0.05) is 6.04 Å². The lowest BCUT2D eigenvalue weighted by Crippen LogP contribution is -2.23. The van der Waals surface area contributed by atoms with Gasteiger partial charge in [-0.3, -0.25) is 0 Å². The average Bonchev–Trinajstić information content (AvgIpc) is 2.27. The van der Waals surface area contributed by atoms with Crippen LogP contribution >= 0.6 is 11.6 Å². The predicted molar refractivity (Wildman–Crippen MR) is 72.0 cm³/mol. The van der Waals surface area contributed by atoms with Gasteiger partial charge in [0.1, 0.15) is 5.82 Å². The van der Waals surface area contributed by atoms with E-state index in [4.69, 9.17) is 11.6 Å². The van der Waals surface area contributed by atoms with Crippen molar-refractivity contribution in [2.75, 3.05) is 6.54 Å². The van der Waals surface area contributed by atoms with E-state index in [2.05, 4.69) is 31.3 Å². The topological polar surface area (TPSA) is 12.0 Å². The minimum atomic E-state index is -0.361. The van der Waals surface area contributed by atoms with E-state index in [-0.39, 0.29) is 10.8 Å². The Hall–Kier alpha value is -0.860. The van der Waals surface area contributed by atoms with Gasteiger partial charge in [0.25, 0.3) is 0 Å². The first-order chi connectivity index (χ1) is 8.09. The Kier molecular flexibility index (Phi) is 6.23. The largest absolute Gasteiger partial charge is 0.314 e. The van der Waals surface area contributed by atoms with Crippen LogP contribution in [0.2, 0.25) is 5.02 Å². The van der Waals surface area contributed by atoms with Crippen LogP contribution < -0.4 is 5.32 Å². The molecular formula is C14H19ClFN. The van der Waals surface area contributed by atoms with Gasteiger partial charge in [-0.1, -0.05) is 43.7 Å². The number of allylic oxidation sites excluding steroid dienone is 1. The lowest BCUT2D eigenvalue weighted by atomic mass is 10.1. The first-order valence-corrected chi connectivity index (χ1v) is 6.29. The van der Waals surface area contributed by atoms with Gasteiger partial charge in [0.2, 0.25) is 0 Å². The third-order valence-electron chi connectivity index (χ3n) is 2.37. The molecular weight excluding hydrogens is 237 g/mol. The van der Waals surface area contributed by atoms with E-state index in [1.54, 1.807) is 12.1 Å². The monoisotopic (exact) mass is 255 g/mol. The maximum Gasteiger partial charge on any atom is 0.141 e. The van der Waals surface area contributed by atoms with Gasteiger partial charge in [0.05, 0.1) is 5.02 Å². The first-order valence-electron chi connectivity index (χ1n) is 5.92. The predicted octanol–water partition coefficient (Wildman–Crippen LogP) is 3.97. The highest BCUT2D eigenvalue weighted by Gasteiger charge is 1.98.